The molecule has 0 heterocycles. The molecule has 130 valence electrons. The number of nitrogens with one attached hydrogen (secondary N) is 1. The first-order valence-electron chi connectivity index (χ1n) is 7.83. The zero-order chi connectivity index (χ0) is 17.7. The maximum absolute atomic E-state index is 11.9. The summed E-state index contributed by atoms with van der Waals surface area (Å²) in [6, 6.07) is 14.8. The van der Waals surface area contributed by atoms with Crippen molar-refractivity contribution in [1.29, 1.82) is 0 Å². The molecule has 2 aromatic carbocycles. The van der Waals surface area contributed by atoms with Crippen molar-refractivity contribution in [1.82, 2.24) is 5.32 Å². The summed E-state index contributed by atoms with van der Waals surface area (Å²) in [4.78, 5) is 19.5. The lowest BCUT2D eigenvalue weighted by Gasteiger charge is -2.21. The Kier molecular flexibility index (Phi) is 6.19. The van der Waals surface area contributed by atoms with E-state index in [1.54, 1.807) is 19.2 Å². The maximum Gasteiger partial charge on any atom is 0.346 e. The van der Waals surface area contributed by atoms with Crippen LogP contribution >= 0.6 is 7.60 Å². The number of methoxy groups -OCH3 is 1. The van der Waals surface area contributed by atoms with E-state index in [1.807, 2.05) is 36.4 Å². The number of benzene rings is 2. The van der Waals surface area contributed by atoms with Crippen molar-refractivity contribution in [2.45, 2.75) is 32.1 Å². The third kappa shape index (κ3) is 4.68. The van der Waals surface area contributed by atoms with Gasteiger partial charge in [0.2, 0.25) is 0 Å². The van der Waals surface area contributed by atoms with E-state index in [1.165, 1.54) is 0 Å². The molecule has 0 spiro atoms. The molecule has 0 aliphatic heterocycles. The van der Waals surface area contributed by atoms with Crippen LogP contribution in [0.5, 0.6) is 5.75 Å². The third-order valence-electron chi connectivity index (χ3n) is 3.93. The first-order valence-corrected chi connectivity index (χ1v) is 9.51. The predicted molar refractivity (Wildman–Crippen MR) is 95.1 cm³/mol. The van der Waals surface area contributed by atoms with Crippen LogP contribution in [0.25, 0.3) is 0 Å². The fraction of sp³-hybridized carbons (Fsp3) is 0.333. The van der Waals surface area contributed by atoms with Gasteiger partial charge in [-0.25, -0.2) is 0 Å². The molecule has 24 heavy (non-hydrogen) atoms. The molecule has 1 atom stereocenters. The number of rotatable bonds is 7. The smallest absolute Gasteiger partial charge is 0.346 e. The van der Waals surface area contributed by atoms with Crippen LogP contribution in [0.4, 0.5) is 0 Å². The molecule has 0 radical (unpaired) electrons. The van der Waals surface area contributed by atoms with Gasteiger partial charge in [-0.2, -0.15) is 0 Å². The lowest BCUT2D eigenvalue weighted by Crippen LogP contribution is -2.21. The largest absolute Gasteiger partial charge is 0.496 e. The van der Waals surface area contributed by atoms with E-state index in [2.05, 4.69) is 19.2 Å². The number of hydrogen-bond acceptors (Lipinski definition) is 3. The van der Waals surface area contributed by atoms with Gasteiger partial charge in [-0.15, -0.1) is 0 Å². The summed E-state index contributed by atoms with van der Waals surface area (Å²) in [5, 5.41) is 2.97. The average molecular weight is 349 g/mol. The van der Waals surface area contributed by atoms with E-state index in [0.717, 1.165) is 11.1 Å². The van der Waals surface area contributed by atoms with Crippen molar-refractivity contribution in [3.8, 4) is 5.75 Å². The minimum Gasteiger partial charge on any atom is -0.496 e. The Bertz CT molecular complexity index is 709. The summed E-state index contributed by atoms with van der Waals surface area (Å²) in [5.74, 6) is 0.00217. The van der Waals surface area contributed by atoms with Gasteiger partial charge in [0, 0.05) is 12.1 Å². The van der Waals surface area contributed by atoms with Gasteiger partial charge in [0.25, 0.3) is 0 Å². The fourth-order valence-electron chi connectivity index (χ4n) is 2.55. The van der Waals surface area contributed by atoms with Gasteiger partial charge < -0.3 is 14.5 Å². The molecule has 0 bridgehead atoms. The Morgan fingerprint density at radius 3 is 2.17 bits per heavy atom. The zero-order valence-corrected chi connectivity index (χ0v) is 15.0. The Morgan fingerprint density at radius 1 is 1.04 bits per heavy atom. The summed E-state index contributed by atoms with van der Waals surface area (Å²) >= 11 is 0. The Labute approximate surface area is 142 Å². The average Bonchev–Trinajstić information content (AvgIpc) is 2.54. The summed E-state index contributed by atoms with van der Waals surface area (Å²) < 4.78 is 17.2. The monoisotopic (exact) mass is 349 g/mol. The van der Waals surface area contributed by atoms with E-state index in [4.69, 9.17) is 4.74 Å². The third-order valence-corrected chi connectivity index (χ3v) is 5.09. The van der Waals surface area contributed by atoms with Crippen LogP contribution in [0, 0.1) is 0 Å². The van der Waals surface area contributed by atoms with Crippen LogP contribution in [0.2, 0.25) is 0 Å². The molecule has 0 unspecified atom stereocenters. The van der Waals surface area contributed by atoms with Crippen LogP contribution in [0.1, 0.15) is 42.2 Å². The Morgan fingerprint density at radius 2 is 1.62 bits per heavy atom. The molecule has 0 amide bonds. The van der Waals surface area contributed by atoms with Crippen molar-refractivity contribution in [3.05, 3.63) is 65.2 Å². The fourth-order valence-corrected chi connectivity index (χ4v) is 3.44. The van der Waals surface area contributed by atoms with Crippen molar-refractivity contribution >= 4 is 7.60 Å². The molecule has 0 saturated carbocycles. The summed E-state index contributed by atoms with van der Waals surface area (Å²) in [5.41, 5.74) is 2.55. The number of para-hydroxylation sites is 1. The second-order valence-corrected chi connectivity index (χ2v) is 7.70. The Hall–Kier alpha value is -1.65. The molecule has 0 aliphatic rings. The van der Waals surface area contributed by atoms with Crippen LogP contribution in [0.15, 0.2) is 48.5 Å². The van der Waals surface area contributed by atoms with Gasteiger partial charge in [0.1, 0.15) is 11.5 Å². The van der Waals surface area contributed by atoms with Crippen molar-refractivity contribution in [2.24, 2.45) is 0 Å². The maximum atomic E-state index is 11.9. The van der Waals surface area contributed by atoms with Gasteiger partial charge in [0.15, 0.2) is 0 Å². The highest BCUT2D eigenvalue weighted by molar-refractivity contribution is 7.52. The van der Waals surface area contributed by atoms with Crippen molar-refractivity contribution < 1.29 is 19.1 Å². The molecule has 3 N–H and O–H groups in total. The number of hydrogen-bond donors (Lipinski definition) is 3. The number of ether oxygens (including phenoxy) is 1. The van der Waals surface area contributed by atoms with Crippen LogP contribution in [-0.2, 0) is 11.1 Å². The highest BCUT2D eigenvalue weighted by Gasteiger charge is 2.30. The summed E-state index contributed by atoms with van der Waals surface area (Å²) in [6.07, 6.45) is 0. The molecule has 6 heteroatoms. The van der Waals surface area contributed by atoms with Crippen LogP contribution in [0.3, 0.4) is 0 Å². The lowest BCUT2D eigenvalue weighted by molar-refractivity contribution is 0.346. The van der Waals surface area contributed by atoms with Crippen molar-refractivity contribution in [3.63, 3.8) is 0 Å². The molecule has 0 aliphatic carbocycles. The Balaban J connectivity index is 2.22. The van der Waals surface area contributed by atoms with Gasteiger partial charge in [-0.05, 0) is 23.1 Å². The summed E-state index contributed by atoms with van der Waals surface area (Å²) in [6.45, 7) is 4.45. The zero-order valence-electron chi connectivity index (χ0n) is 14.1. The standard InChI is InChI=1S/C18H24NO4P/c1-13(2)14-8-10-15(11-9-14)18(24(20,21)22)19-12-16-6-4-5-7-17(16)23-3/h4-11,13,18-19H,12H2,1-3H3,(H2,20,21,22)/t18-/m1/s1. The first-order chi connectivity index (χ1) is 11.3. The second-order valence-electron chi connectivity index (χ2n) is 6.01. The molecule has 0 fully saturated rings. The molecule has 0 aromatic heterocycles. The quantitative estimate of drug-likeness (QED) is 0.663. The molecule has 2 aromatic rings. The summed E-state index contributed by atoms with van der Waals surface area (Å²) in [7, 11) is -2.78. The second kappa shape index (κ2) is 7.95. The normalized spacial score (nSPS) is 13.1. The van der Waals surface area contributed by atoms with Gasteiger partial charge in [0.05, 0.1) is 7.11 Å². The van der Waals surface area contributed by atoms with Gasteiger partial charge in [-0.3, -0.25) is 9.88 Å². The predicted octanol–water partition coefficient (Wildman–Crippen LogP) is 3.78. The SMILES string of the molecule is COc1ccccc1CN[C@@H](c1ccc(C(C)C)cc1)P(=O)(O)O. The molecule has 5 nitrogen and oxygen atoms in total. The topological polar surface area (TPSA) is 78.8 Å². The van der Waals surface area contributed by atoms with Crippen molar-refractivity contribution in [2.75, 3.05) is 7.11 Å². The lowest BCUT2D eigenvalue weighted by atomic mass is 10.0. The van der Waals surface area contributed by atoms with Gasteiger partial charge >= 0.3 is 7.60 Å². The van der Waals surface area contributed by atoms with E-state index in [-0.39, 0.29) is 0 Å². The molecule has 2 rings (SSSR count). The first kappa shape index (κ1) is 18.7. The highest BCUT2D eigenvalue weighted by atomic mass is 31.2. The van der Waals surface area contributed by atoms with Crippen LogP contribution in [-0.4, -0.2) is 16.9 Å². The van der Waals surface area contributed by atoms with E-state index in [9.17, 15) is 14.4 Å². The molecular weight excluding hydrogens is 325 g/mol. The van der Waals surface area contributed by atoms with Gasteiger partial charge in [-0.1, -0.05) is 56.3 Å². The highest BCUT2D eigenvalue weighted by Crippen LogP contribution is 2.50. The van der Waals surface area contributed by atoms with E-state index < -0.39 is 13.4 Å². The molecule has 0 saturated heterocycles. The van der Waals surface area contributed by atoms with E-state index >= 15 is 0 Å². The minimum atomic E-state index is -4.35. The molecular formula is C18H24NO4P. The van der Waals surface area contributed by atoms with Crippen LogP contribution < -0.4 is 10.1 Å². The van der Waals surface area contributed by atoms with E-state index in [0.29, 0.717) is 23.8 Å². The minimum absolute atomic E-state index is 0.297.